The SMILES string of the molecule is CC(C)c1ccc(Oc2cc(N)ccc2C(N)=O)cc1. The molecule has 0 fully saturated rings. The fourth-order valence-corrected chi connectivity index (χ4v) is 1.87. The molecule has 2 aromatic carbocycles. The molecule has 0 saturated heterocycles. The first kappa shape index (κ1) is 13.9. The Labute approximate surface area is 118 Å². The van der Waals surface area contributed by atoms with Gasteiger partial charge in [-0.15, -0.1) is 0 Å². The largest absolute Gasteiger partial charge is 0.456 e. The lowest BCUT2D eigenvalue weighted by Gasteiger charge is -2.11. The van der Waals surface area contributed by atoms with Crippen LogP contribution in [0.4, 0.5) is 5.69 Å². The van der Waals surface area contributed by atoms with Crippen LogP contribution in [-0.4, -0.2) is 5.91 Å². The van der Waals surface area contributed by atoms with Crippen LogP contribution in [-0.2, 0) is 0 Å². The Morgan fingerprint density at radius 1 is 1.10 bits per heavy atom. The van der Waals surface area contributed by atoms with Crippen LogP contribution >= 0.6 is 0 Å². The third-order valence-electron chi connectivity index (χ3n) is 3.05. The average molecular weight is 270 g/mol. The second-order valence-corrected chi connectivity index (χ2v) is 4.95. The fourth-order valence-electron chi connectivity index (χ4n) is 1.87. The second-order valence-electron chi connectivity index (χ2n) is 4.95. The zero-order chi connectivity index (χ0) is 14.7. The van der Waals surface area contributed by atoms with E-state index in [0.717, 1.165) is 0 Å². The molecule has 0 spiro atoms. The molecule has 4 heteroatoms. The molecule has 0 aliphatic heterocycles. The van der Waals surface area contributed by atoms with Crippen LogP contribution in [0.5, 0.6) is 11.5 Å². The molecule has 0 aliphatic rings. The number of anilines is 1. The second kappa shape index (κ2) is 5.65. The van der Waals surface area contributed by atoms with E-state index in [-0.39, 0.29) is 0 Å². The highest BCUT2D eigenvalue weighted by atomic mass is 16.5. The van der Waals surface area contributed by atoms with Crippen LogP contribution in [0, 0.1) is 0 Å². The summed E-state index contributed by atoms with van der Waals surface area (Å²) in [4.78, 5) is 11.4. The molecule has 0 radical (unpaired) electrons. The van der Waals surface area contributed by atoms with Crippen molar-refractivity contribution < 1.29 is 9.53 Å². The van der Waals surface area contributed by atoms with Crippen LogP contribution in [0.15, 0.2) is 42.5 Å². The number of nitrogen functional groups attached to an aromatic ring is 1. The summed E-state index contributed by atoms with van der Waals surface area (Å²) in [7, 11) is 0. The molecule has 4 N–H and O–H groups in total. The van der Waals surface area contributed by atoms with Gasteiger partial charge in [0.25, 0.3) is 5.91 Å². The number of hydrogen-bond acceptors (Lipinski definition) is 3. The summed E-state index contributed by atoms with van der Waals surface area (Å²) in [6, 6.07) is 12.5. The number of hydrogen-bond donors (Lipinski definition) is 2. The standard InChI is InChI=1S/C16H18N2O2/c1-10(2)11-3-6-13(7-4-11)20-15-9-12(17)5-8-14(15)16(18)19/h3-10H,17H2,1-2H3,(H2,18,19). The van der Waals surface area contributed by atoms with Crippen LogP contribution in [0.1, 0.15) is 35.7 Å². The summed E-state index contributed by atoms with van der Waals surface area (Å²) in [6.07, 6.45) is 0. The van der Waals surface area contributed by atoms with Crippen molar-refractivity contribution in [2.75, 3.05) is 5.73 Å². The number of nitrogens with two attached hydrogens (primary N) is 2. The highest BCUT2D eigenvalue weighted by Crippen LogP contribution is 2.28. The molecular formula is C16H18N2O2. The van der Waals surface area contributed by atoms with E-state index in [1.165, 1.54) is 5.56 Å². The third-order valence-corrected chi connectivity index (χ3v) is 3.05. The first-order valence-electron chi connectivity index (χ1n) is 6.44. The van der Waals surface area contributed by atoms with Gasteiger partial charge in [0.1, 0.15) is 11.5 Å². The van der Waals surface area contributed by atoms with Crippen molar-refractivity contribution in [3.8, 4) is 11.5 Å². The van der Waals surface area contributed by atoms with Gasteiger partial charge >= 0.3 is 0 Å². The first-order chi connectivity index (χ1) is 9.47. The van der Waals surface area contributed by atoms with Gasteiger partial charge in [-0.05, 0) is 35.7 Å². The topological polar surface area (TPSA) is 78.3 Å². The molecule has 104 valence electrons. The Bertz CT molecular complexity index is 619. The highest BCUT2D eigenvalue weighted by molar-refractivity contribution is 5.96. The van der Waals surface area contributed by atoms with Gasteiger partial charge < -0.3 is 16.2 Å². The predicted molar refractivity (Wildman–Crippen MR) is 80.0 cm³/mol. The average Bonchev–Trinajstić information content (AvgIpc) is 2.39. The van der Waals surface area contributed by atoms with Gasteiger partial charge in [0.2, 0.25) is 0 Å². The number of amides is 1. The number of ether oxygens (including phenoxy) is 1. The molecule has 0 saturated carbocycles. The smallest absolute Gasteiger partial charge is 0.252 e. The van der Waals surface area contributed by atoms with Crippen molar-refractivity contribution in [2.24, 2.45) is 5.73 Å². The van der Waals surface area contributed by atoms with Crippen molar-refractivity contribution in [1.82, 2.24) is 0 Å². The molecule has 0 atom stereocenters. The zero-order valence-corrected chi connectivity index (χ0v) is 11.6. The Morgan fingerprint density at radius 3 is 2.30 bits per heavy atom. The van der Waals surface area contributed by atoms with E-state index in [9.17, 15) is 4.79 Å². The Hall–Kier alpha value is -2.49. The number of rotatable bonds is 4. The molecular weight excluding hydrogens is 252 g/mol. The summed E-state index contributed by atoms with van der Waals surface area (Å²) in [5, 5.41) is 0. The van der Waals surface area contributed by atoms with Crippen molar-refractivity contribution in [1.29, 1.82) is 0 Å². The van der Waals surface area contributed by atoms with E-state index >= 15 is 0 Å². The molecule has 0 unspecified atom stereocenters. The summed E-state index contributed by atoms with van der Waals surface area (Å²) >= 11 is 0. The van der Waals surface area contributed by atoms with Gasteiger partial charge in [0.15, 0.2) is 0 Å². The zero-order valence-electron chi connectivity index (χ0n) is 11.6. The van der Waals surface area contributed by atoms with Gasteiger partial charge in [0.05, 0.1) is 5.56 Å². The predicted octanol–water partition coefficient (Wildman–Crippen LogP) is 3.28. The lowest BCUT2D eigenvalue weighted by molar-refractivity contribution is 0.0998. The molecule has 1 amide bonds. The van der Waals surface area contributed by atoms with Gasteiger partial charge in [0, 0.05) is 11.8 Å². The summed E-state index contributed by atoms with van der Waals surface area (Å²) in [5.41, 5.74) is 13.1. The Morgan fingerprint density at radius 2 is 1.75 bits per heavy atom. The molecule has 2 aromatic rings. The summed E-state index contributed by atoms with van der Waals surface area (Å²) in [5.74, 6) is 0.925. The number of carbonyl (C=O) groups is 1. The Balaban J connectivity index is 2.29. The summed E-state index contributed by atoms with van der Waals surface area (Å²) in [6.45, 7) is 4.25. The lowest BCUT2D eigenvalue weighted by Crippen LogP contribution is -2.12. The number of primary amides is 1. The minimum atomic E-state index is -0.543. The molecule has 2 rings (SSSR count). The van der Waals surface area contributed by atoms with Gasteiger partial charge in [-0.3, -0.25) is 4.79 Å². The normalized spacial score (nSPS) is 10.6. The molecule has 0 bridgehead atoms. The maximum absolute atomic E-state index is 11.4. The van der Waals surface area contributed by atoms with Crippen LogP contribution in [0.3, 0.4) is 0 Å². The van der Waals surface area contributed by atoms with Crippen molar-refractivity contribution in [3.05, 3.63) is 53.6 Å². The quantitative estimate of drug-likeness (QED) is 0.837. The van der Waals surface area contributed by atoms with Gasteiger partial charge in [-0.1, -0.05) is 26.0 Å². The highest BCUT2D eigenvalue weighted by Gasteiger charge is 2.11. The minimum absolute atomic E-state index is 0.312. The molecule has 4 nitrogen and oxygen atoms in total. The monoisotopic (exact) mass is 270 g/mol. The van der Waals surface area contributed by atoms with Gasteiger partial charge in [-0.25, -0.2) is 0 Å². The minimum Gasteiger partial charge on any atom is -0.456 e. The summed E-state index contributed by atoms with van der Waals surface area (Å²) < 4.78 is 5.71. The molecule has 20 heavy (non-hydrogen) atoms. The van der Waals surface area contributed by atoms with Crippen LogP contribution < -0.4 is 16.2 Å². The molecule has 0 aliphatic carbocycles. The maximum atomic E-state index is 11.4. The molecule has 0 aromatic heterocycles. The van der Waals surface area contributed by atoms with E-state index in [0.29, 0.717) is 28.7 Å². The maximum Gasteiger partial charge on any atom is 0.252 e. The number of benzene rings is 2. The van der Waals surface area contributed by atoms with E-state index < -0.39 is 5.91 Å². The van der Waals surface area contributed by atoms with Crippen molar-refractivity contribution in [3.63, 3.8) is 0 Å². The van der Waals surface area contributed by atoms with Crippen molar-refractivity contribution >= 4 is 11.6 Å². The van der Waals surface area contributed by atoms with Crippen LogP contribution in [0.25, 0.3) is 0 Å². The van der Waals surface area contributed by atoms with Gasteiger partial charge in [-0.2, -0.15) is 0 Å². The lowest BCUT2D eigenvalue weighted by atomic mass is 10.0. The van der Waals surface area contributed by atoms with Crippen LogP contribution in [0.2, 0.25) is 0 Å². The van der Waals surface area contributed by atoms with E-state index in [1.54, 1.807) is 18.2 Å². The van der Waals surface area contributed by atoms with E-state index in [4.69, 9.17) is 16.2 Å². The third kappa shape index (κ3) is 3.09. The first-order valence-corrected chi connectivity index (χ1v) is 6.44. The fraction of sp³-hybridized carbons (Fsp3) is 0.188. The van der Waals surface area contributed by atoms with E-state index in [1.807, 2.05) is 24.3 Å². The van der Waals surface area contributed by atoms with Crippen molar-refractivity contribution in [2.45, 2.75) is 19.8 Å². The Kier molecular flexibility index (Phi) is 3.94. The molecule has 0 heterocycles. The van der Waals surface area contributed by atoms with E-state index in [2.05, 4.69) is 13.8 Å². The number of carbonyl (C=O) groups excluding carboxylic acids is 1.